The second-order valence-corrected chi connectivity index (χ2v) is 8.30. The number of para-hydroxylation sites is 1. The smallest absolute Gasteiger partial charge is 0.262 e. The van der Waals surface area contributed by atoms with Gasteiger partial charge in [0.15, 0.2) is 0 Å². The molecular formula is C17H22OSi. The second kappa shape index (κ2) is 7.59. The third-order valence-electron chi connectivity index (χ3n) is 3.01. The molecule has 0 aliphatic rings. The lowest BCUT2D eigenvalue weighted by atomic mass is 10.2. The highest BCUT2D eigenvalue weighted by Gasteiger charge is 2.33. The molecule has 0 saturated heterocycles. The van der Waals surface area contributed by atoms with E-state index in [0.717, 1.165) is 29.4 Å². The fourth-order valence-electron chi connectivity index (χ4n) is 2.14. The van der Waals surface area contributed by atoms with Crippen LogP contribution in [0.3, 0.4) is 0 Å². The van der Waals surface area contributed by atoms with Gasteiger partial charge >= 0.3 is 0 Å². The van der Waals surface area contributed by atoms with Crippen molar-refractivity contribution >= 4 is 14.4 Å². The van der Waals surface area contributed by atoms with E-state index in [1.165, 1.54) is 0 Å². The summed E-state index contributed by atoms with van der Waals surface area (Å²) in [6.45, 7) is 15.4. The van der Waals surface area contributed by atoms with Crippen LogP contribution in [0.15, 0.2) is 68.8 Å². The Hall–Kier alpha value is -1.80. The summed E-state index contributed by atoms with van der Waals surface area (Å²) in [5.41, 5.74) is 1.02. The van der Waals surface area contributed by atoms with Gasteiger partial charge in [0.2, 0.25) is 0 Å². The van der Waals surface area contributed by atoms with Crippen LogP contribution < -0.4 is 4.43 Å². The minimum atomic E-state index is -1.99. The van der Waals surface area contributed by atoms with Crippen LogP contribution in [0.1, 0.15) is 5.56 Å². The highest BCUT2D eigenvalue weighted by atomic mass is 28.4. The van der Waals surface area contributed by atoms with Crippen LogP contribution in [0, 0.1) is 0 Å². The van der Waals surface area contributed by atoms with Gasteiger partial charge in [0.05, 0.1) is 0 Å². The molecule has 0 atom stereocenters. The maximum atomic E-state index is 6.40. The molecule has 0 spiro atoms. The van der Waals surface area contributed by atoms with E-state index in [1.807, 2.05) is 48.6 Å². The van der Waals surface area contributed by atoms with E-state index in [1.54, 1.807) is 0 Å². The summed E-state index contributed by atoms with van der Waals surface area (Å²) in [5, 5.41) is 0. The van der Waals surface area contributed by atoms with E-state index in [0.29, 0.717) is 0 Å². The maximum Gasteiger partial charge on any atom is 0.262 e. The first kappa shape index (κ1) is 15.3. The van der Waals surface area contributed by atoms with Gasteiger partial charge in [-0.15, -0.1) is 19.7 Å². The van der Waals surface area contributed by atoms with Gasteiger partial charge in [-0.25, -0.2) is 0 Å². The summed E-state index contributed by atoms with van der Waals surface area (Å²) in [6, 6.07) is 10.6. The molecule has 100 valence electrons. The third kappa shape index (κ3) is 4.11. The first-order chi connectivity index (χ1) is 9.21. The standard InChI is InChI=1S/C17H22OSi/c1-5-13-19(14-6-2,15-7-3)18-17-12-10-9-11-16(17)8-4/h5-12H,1-4,13-15H2. The third-order valence-corrected chi connectivity index (χ3v) is 6.77. The fraction of sp³-hybridized carbons (Fsp3) is 0.176. The Morgan fingerprint density at radius 3 is 1.89 bits per heavy atom. The lowest BCUT2D eigenvalue weighted by molar-refractivity contribution is 0.540. The quantitative estimate of drug-likeness (QED) is 0.442. The topological polar surface area (TPSA) is 9.23 Å². The Bertz CT molecular complexity index is 436. The van der Waals surface area contributed by atoms with Crippen LogP contribution >= 0.6 is 0 Å². The van der Waals surface area contributed by atoms with Crippen LogP contribution in [0.4, 0.5) is 0 Å². The SMILES string of the molecule is C=CC[Si](CC=C)(CC=C)Oc1ccccc1C=C. The summed E-state index contributed by atoms with van der Waals surface area (Å²) in [4.78, 5) is 0. The molecule has 1 nitrogen and oxygen atoms in total. The van der Waals surface area contributed by atoms with Crippen LogP contribution in [0.2, 0.25) is 18.1 Å². The minimum absolute atomic E-state index is 0.885. The molecular weight excluding hydrogens is 248 g/mol. The van der Waals surface area contributed by atoms with Crippen LogP contribution in [0.25, 0.3) is 6.08 Å². The summed E-state index contributed by atoms with van der Waals surface area (Å²) < 4.78 is 6.40. The Kier molecular flexibility index (Phi) is 6.10. The van der Waals surface area contributed by atoms with Gasteiger partial charge in [-0.3, -0.25) is 0 Å². The Labute approximate surface area is 117 Å². The van der Waals surface area contributed by atoms with Crippen molar-refractivity contribution in [2.24, 2.45) is 0 Å². The van der Waals surface area contributed by atoms with Crippen molar-refractivity contribution in [3.05, 3.63) is 74.4 Å². The molecule has 0 aliphatic heterocycles. The molecule has 0 amide bonds. The molecule has 0 unspecified atom stereocenters. The van der Waals surface area contributed by atoms with Gasteiger partial charge in [0.25, 0.3) is 8.32 Å². The van der Waals surface area contributed by atoms with Crippen molar-refractivity contribution in [2.45, 2.75) is 18.1 Å². The second-order valence-electron chi connectivity index (χ2n) is 4.51. The van der Waals surface area contributed by atoms with Gasteiger partial charge in [0.1, 0.15) is 5.75 Å². The normalized spacial score (nSPS) is 10.5. The molecule has 1 aromatic carbocycles. The van der Waals surface area contributed by atoms with E-state index < -0.39 is 8.32 Å². The summed E-state index contributed by atoms with van der Waals surface area (Å²) in [7, 11) is -1.99. The van der Waals surface area contributed by atoms with Crippen molar-refractivity contribution in [1.82, 2.24) is 0 Å². The lowest BCUT2D eigenvalue weighted by Crippen LogP contribution is -2.40. The van der Waals surface area contributed by atoms with Gasteiger partial charge in [0, 0.05) is 5.56 Å². The van der Waals surface area contributed by atoms with E-state index in [4.69, 9.17) is 4.43 Å². The molecule has 0 aromatic heterocycles. The number of hydrogen-bond acceptors (Lipinski definition) is 1. The molecule has 0 fully saturated rings. The molecule has 0 radical (unpaired) electrons. The van der Waals surface area contributed by atoms with Gasteiger partial charge in [-0.2, -0.15) is 0 Å². The molecule has 0 heterocycles. The monoisotopic (exact) mass is 270 g/mol. The van der Waals surface area contributed by atoms with Crippen molar-refractivity contribution < 1.29 is 4.43 Å². The van der Waals surface area contributed by atoms with Crippen molar-refractivity contribution in [1.29, 1.82) is 0 Å². The molecule has 0 aliphatic carbocycles. The average molecular weight is 270 g/mol. The number of hydrogen-bond donors (Lipinski definition) is 0. The molecule has 0 saturated carbocycles. The molecule has 1 aromatic rings. The summed E-state index contributed by atoms with van der Waals surface area (Å²) in [6.07, 6.45) is 7.64. The van der Waals surface area contributed by atoms with Crippen molar-refractivity contribution in [3.8, 4) is 5.75 Å². The lowest BCUT2D eigenvalue weighted by Gasteiger charge is -2.30. The predicted molar refractivity (Wildman–Crippen MR) is 87.9 cm³/mol. The zero-order valence-corrected chi connectivity index (χ0v) is 12.5. The molecule has 19 heavy (non-hydrogen) atoms. The van der Waals surface area contributed by atoms with Gasteiger partial charge < -0.3 is 4.43 Å². The van der Waals surface area contributed by atoms with Crippen molar-refractivity contribution in [3.63, 3.8) is 0 Å². The van der Waals surface area contributed by atoms with E-state index in [9.17, 15) is 0 Å². The maximum absolute atomic E-state index is 6.40. The first-order valence-corrected chi connectivity index (χ1v) is 8.97. The molecule has 0 bridgehead atoms. The Morgan fingerprint density at radius 2 is 1.42 bits per heavy atom. The Balaban J connectivity index is 3.10. The Morgan fingerprint density at radius 1 is 0.895 bits per heavy atom. The highest BCUT2D eigenvalue weighted by molar-refractivity contribution is 6.75. The van der Waals surface area contributed by atoms with Gasteiger partial charge in [-0.1, -0.05) is 49.1 Å². The summed E-state index contributed by atoms with van der Waals surface area (Å²) >= 11 is 0. The molecule has 1 rings (SSSR count). The average Bonchev–Trinajstić information content (AvgIpc) is 2.40. The number of allylic oxidation sites excluding steroid dienone is 3. The largest absolute Gasteiger partial charge is 0.542 e. The van der Waals surface area contributed by atoms with E-state index in [-0.39, 0.29) is 0 Å². The summed E-state index contributed by atoms with van der Waals surface area (Å²) in [5.74, 6) is 0.898. The predicted octanol–water partition coefficient (Wildman–Crippen LogP) is 5.21. The first-order valence-electron chi connectivity index (χ1n) is 6.44. The van der Waals surface area contributed by atoms with Crippen LogP contribution in [-0.2, 0) is 0 Å². The zero-order chi connectivity index (χ0) is 14.1. The highest BCUT2D eigenvalue weighted by Crippen LogP contribution is 2.29. The fourth-order valence-corrected chi connectivity index (χ4v) is 5.12. The molecule has 0 N–H and O–H groups in total. The zero-order valence-electron chi connectivity index (χ0n) is 11.5. The van der Waals surface area contributed by atoms with Gasteiger partial charge in [-0.05, 0) is 24.2 Å². The van der Waals surface area contributed by atoms with E-state index in [2.05, 4.69) is 26.3 Å². The minimum Gasteiger partial charge on any atom is -0.542 e. The van der Waals surface area contributed by atoms with Crippen LogP contribution in [-0.4, -0.2) is 8.32 Å². The number of rotatable bonds is 9. The number of benzene rings is 1. The van der Waals surface area contributed by atoms with Crippen molar-refractivity contribution in [2.75, 3.05) is 0 Å². The van der Waals surface area contributed by atoms with E-state index >= 15 is 0 Å². The van der Waals surface area contributed by atoms with Crippen LogP contribution in [0.5, 0.6) is 5.75 Å². The molecule has 2 heteroatoms.